The molecule has 2 aromatic heterocycles. The Labute approximate surface area is 840 Å². The van der Waals surface area contributed by atoms with E-state index in [9.17, 15) is 0 Å². The molecule has 4 heteroatoms. The summed E-state index contributed by atoms with van der Waals surface area (Å²) >= 11 is 1.86. The lowest BCUT2D eigenvalue weighted by atomic mass is 9.67. The number of nitrogens with zero attached hydrogens (tertiary/aromatic N) is 2. The van der Waals surface area contributed by atoms with Gasteiger partial charge in [-0.15, -0.1) is 11.3 Å². The van der Waals surface area contributed by atoms with Gasteiger partial charge in [0.25, 0.3) is 0 Å². The largest absolute Gasteiger partial charge is 0.456 e. The molecule has 0 spiro atoms. The van der Waals surface area contributed by atoms with Crippen molar-refractivity contribution in [1.82, 2.24) is 0 Å². The monoisotopic (exact) mass is 1850 g/mol. The third-order valence-electron chi connectivity index (χ3n) is 29.9. The number of benzene rings is 20. The normalized spacial score (nSPS) is 13.0. The lowest BCUT2D eigenvalue weighted by Crippen LogP contribution is -2.29. The molecule has 0 N–H and O–H groups in total. The average Bonchev–Trinajstić information content (AvgIpc) is 1.53. The number of para-hydroxylation sites is 3. The Balaban J connectivity index is 0.000000158. The Morgan fingerprint density at radius 2 is 0.479 bits per heavy atom. The van der Waals surface area contributed by atoms with Crippen LogP contribution in [0.25, 0.3) is 131 Å². The van der Waals surface area contributed by atoms with Crippen LogP contribution in [0.15, 0.2) is 478 Å². The predicted molar refractivity (Wildman–Crippen MR) is 604 cm³/mol. The number of thiophene rings is 1. The Kier molecular flexibility index (Phi) is 22.6. The maximum atomic E-state index is 6.22. The molecule has 0 saturated heterocycles. The highest BCUT2D eigenvalue weighted by Crippen LogP contribution is 2.61. The first-order valence-electron chi connectivity index (χ1n) is 50.0. The molecule has 0 bridgehead atoms. The molecule has 0 fully saturated rings. The first-order valence-corrected chi connectivity index (χ1v) is 50.8. The van der Waals surface area contributed by atoms with Crippen molar-refractivity contribution in [3.8, 4) is 89.0 Å². The standard InChI is InChI=1S/C69H57NO.C69H57NS/c2*1-67(2,3)51-31-35-53(36-32-51)69(54-37-33-52(34-38-54)68(4,5)6)62-21-13-10-19-58(62)59-42-41-56(45-63(59)69)70(64-22-14-11-18-57(64)49-26-24-47(25-27-49)46-16-8-7-9-17-46)55-39-28-48(29-40-55)50-30-43-66-61(44-50)60-20-12-15-23-65(60)71-66/h2*7-45H,1-6H3. The SMILES string of the molecule is CC(C)(C)c1ccc(C2(c3ccc(C(C)(C)C)cc3)c3ccccc3-c3ccc(N(c4ccc(-c5ccc6oc7ccccc7c6c5)cc4)c4ccccc4-c4ccc(-c5ccccc5)cc4)cc32)cc1.CC(C)(C)c1ccc(C2(c3ccc(C(C)(C)C)cc3)c3ccccc3-c3ccc(N(c4ccc(-c5ccc6sc7ccccc7c6c5)cc4)c4ccccc4-c4ccc(-c5ccccc5)cc4)cc32)cc1. The fourth-order valence-corrected chi connectivity index (χ4v) is 23.4. The molecule has 0 unspecified atom stereocenters. The van der Waals surface area contributed by atoms with Crippen molar-refractivity contribution >= 4 is 87.6 Å². The number of furan rings is 1. The summed E-state index contributed by atoms with van der Waals surface area (Å²) in [6.45, 7) is 27.6. The average molecular weight is 1850 g/mol. The van der Waals surface area contributed by atoms with Gasteiger partial charge in [-0.1, -0.05) is 459 Å². The van der Waals surface area contributed by atoms with E-state index in [1.54, 1.807) is 0 Å². The topological polar surface area (TPSA) is 19.6 Å². The van der Waals surface area contributed by atoms with Gasteiger partial charge in [-0.05, 0) is 263 Å². The van der Waals surface area contributed by atoms with Crippen molar-refractivity contribution in [2.24, 2.45) is 0 Å². The van der Waals surface area contributed by atoms with Gasteiger partial charge >= 0.3 is 0 Å². The fourth-order valence-electron chi connectivity index (χ4n) is 22.3. The minimum Gasteiger partial charge on any atom is -0.456 e. The minimum atomic E-state index is -0.590. The van der Waals surface area contributed by atoms with Crippen LogP contribution in [0.1, 0.15) is 150 Å². The molecule has 2 aliphatic carbocycles. The van der Waals surface area contributed by atoms with Gasteiger partial charge < -0.3 is 14.2 Å². The summed E-state index contributed by atoms with van der Waals surface area (Å²) in [6, 6.07) is 177. The van der Waals surface area contributed by atoms with E-state index in [4.69, 9.17) is 4.42 Å². The number of hydrogen-bond acceptors (Lipinski definition) is 4. The second-order valence-electron chi connectivity index (χ2n) is 42.7. The molecule has 688 valence electrons. The van der Waals surface area contributed by atoms with Crippen LogP contribution in [0, 0.1) is 0 Å². The molecule has 0 radical (unpaired) electrons. The van der Waals surface area contributed by atoms with E-state index in [0.717, 1.165) is 83.9 Å². The fraction of sp³-hybridized carbons (Fsp3) is 0.130. The molecule has 24 rings (SSSR count). The van der Waals surface area contributed by atoms with Crippen LogP contribution in [0.5, 0.6) is 0 Å². The highest BCUT2D eigenvalue weighted by atomic mass is 32.1. The quantitative estimate of drug-likeness (QED) is 0.0961. The van der Waals surface area contributed by atoms with E-state index in [0.29, 0.717) is 0 Å². The van der Waals surface area contributed by atoms with Gasteiger partial charge in [0.1, 0.15) is 11.2 Å². The lowest BCUT2D eigenvalue weighted by molar-refractivity contribution is 0.588. The lowest BCUT2D eigenvalue weighted by Gasteiger charge is -2.36. The van der Waals surface area contributed by atoms with Crippen LogP contribution >= 0.6 is 11.3 Å². The highest BCUT2D eigenvalue weighted by Gasteiger charge is 2.49. The smallest absolute Gasteiger partial charge is 0.135 e. The van der Waals surface area contributed by atoms with E-state index < -0.39 is 10.8 Å². The molecule has 0 atom stereocenters. The summed E-state index contributed by atoms with van der Waals surface area (Å²) in [5.74, 6) is 0. The van der Waals surface area contributed by atoms with Gasteiger partial charge in [0.05, 0.1) is 22.2 Å². The van der Waals surface area contributed by atoms with E-state index >= 15 is 0 Å². The second-order valence-corrected chi connectivity index (χ2v) is 43.7. The Morgan fingerprint density at radius 1 is 0.190 bits per heavy atom. The number of anilines is 6. The summed E-state index contributed by atoms with van der Waals surface area (Å²) in [5.41, 5.74) is 42.0. The van der Waals surface area contributed by atoms with Crippen LogP contribution in [0.3, 0.4) is 0 Å². The van der Waals surface area contributed by atoms with Crippen LogP contribution in [-0.2, 0) is 32.5 Å². The number of rotatable bonds is 16. The van der Waals surface area contributed by atoms with Gasteiger partial charge in [0.2, 0.25) is 0 Å². The molecule has 142 heavy (non-hydrogen) atoms. The molecule has 3 nitrogen and oxygen atoms in total. The van der Waals surface area contributed by atoms with Crippen LogP contribution in [-0.4, -0.2) is 0 Å². The first-order chi connectivity index (χ1) is 68.9. The summed E-state index contributed by atoms with van der Waals surface area (Å²) in [6.07, 6.45) is 0. The zero-order chi connectivity index (χ0) is 97.0. The maximum absolute atomic E-state index is 6.22. The van der Waals surface area contributed by atoms with Crippen molar-refractivity contribution in [3.05, 3.63) is 540 Å². The van der Waals surface area contributed by atoms with Gasteiger partial charge in [0.15, 0.2) is 0 Å². The van der Waals surface area contributed by atoms with Gasteiger partial charge in [-0.3, -0.25) is 0 Å². The molecule has 0 aliphatic heterocycles. The summed E-state index contributed by atoms with van der Waals surface area (Å²) < 4.78 is 8.86. The van der Waals surface area contributed by atoms with Crippen molar-refractivity contribution in [2.45, 2.75) is 116 Å². The van der Waals surface area contributed by atoms with Crippen molar-refractivity contribution < 1.29 is 4.42 Å². The van der Waals surface area contributed by atoms with Crippen molar-refractivity contribution in [3.63, 3.8) is 0 Å². The van der Waals surface area contributed by atoms with Gasteiger partial charge in [0, 0.05) is 64.8 Å². The zero-order valence-electron chi connectivity index (χ0n) is 82.7. The van der Waals surface area contributed by atoms with E-state index in [-0.39, 0.29) is 21.7 Å². The van der Waals surface area contributed by atoms with E-state index in [2.05, 4.69) is 554 Å². The van der Waals surface area contributed by atoms with Crippen LogP contribution in [0.2, 0.25) is 0 Å². The summed E-state index contributed by atoms with van der Waals surface area (Å²) in [4.78, 5) is 4.95. The first kappa shape index (κ1) is 89.9. The highest BCUT2D eigenvalue weighted by molar-refractivity contribution is 7.25. The van der Waals surface area contributed by atoms with E-state index in [1.165, 1.54) is 148 Å². The minimum absolute atomic E-state index is 0.0183. The summed E-state index contributed by atoms with van der Waals surface area (Å²) in [7, 11) is 0. The summed E-state index contributed by atoms with van der Waals surface area (Å²) in [5, 5.41) is 4.88. The third-order valence-corrected chi connectivity index (χ3v) is 31.0. The number of fused-ring (bicyclic) bond motifs is 12. The number of hydrogen-bond donors (Lipinski definition) is 0. The predicted octanol–water partition coefficient (Wildman–Crippen LogP) is 38.5. The molecule has 2 heterocycles. The molecular weight excluding hydrogens is 1730 g/mol. The molecule has 0 saturated carbocycles. The molecule has 2 aliphatic rings. The molecule has 20 aromatic carbocycles. The van der Waals surface area contributed by atoms with Gasteiger partial charge in [-0.25, -0.2) is 0 Å². The molecule has 0 amide bonds. The zero-order valence-corrected chi connectivity index (χ0v) is 83.6. The van der Waals surface area contributed by atoms with Crippen LogP contribution < -0.4 is 9.80 Å². The van der Waals surface area contributed by atoms with Crippen LogP contribution in [0.4, 0.5) is 34.1 Å². The van der Waals surface area contributed by atoms with Crippen molar-refractivity contribution in [2.75, 3.05) is 9.80 Å². The second kappa shape index (κ2) is 35.7. The van der Waals surface area contributed by atoms with Gasteiger partial charge in [-0.2, -0.15) is 0 Å². The Hall–Kier alpha value is -16.0. The third kappa shape index (κ3) is 16.0. The van der Waals surface area contributed by atoms with Crippen molar-refractivity contribution in [1.29, 1.82) is 0 Å². The van der Waals surface area contributed by atoms with E-state index in [1.807, 2.05) is 23.5 Å². The molecular formula is C138H114N2OS. The Morgan fingerprint density at radius 3 is 0.894 bits per heavy atom. The Bertz CT molecular complexity index is 7850. The molecule has 22 aromatic rings. The maximum Gasteiger partial charge on any atom is 0.135 e.